The molecule has 0 radical (unpaired) electrons. The first-order valence-electron chi connectivity index (χ1n) is 6.36. The van der Waals surface area contributed by atoms with E-state index >= 15 is 0 Å². The maximum absolute atomic E-state index is 12.2. The van der Waals surface area contributed by atoms with Crippen molar-refractivity contribution in [1.29, 1.82) is 0 Å². The third-order valence-electron chi connectivity index (χ3n) is 3.36. The van der Waals surface area contributed by atoms with E-state index in [9.17, 15) is 9.59 Å². The highest BCUT2D eigenvalue weighted by atomic mass is 16.5. The Morgan fingerprint density at radius 1 is 1.33 bits per heavy atom. The predicted molar refractivity (Wildman–Crippen MR) is 62.1 cm³/mol. The van der Waals surface area contributed by atoms with Crippen LogP contribution in [-0.4, -0.2) is 60.9 Å². The van der Waals surface area contributed by atoms with Crippen LogP contribution in [0, 0.1) is 5.92 Å². The zero-order valence-electron chi connectivity index (χ0n) is 10.3. The van der Waals surface area contributed by atoms with Crippen molar-refractivity contribution in [2.75, 3.05) is 32.9 Å². The molecule has 18 heavy (non-hydrogen) atoms. The minimum absolute atomic E-state index is 0.0506. The van der Waals surface area contributed by atoms with Crippen LogP contribution in [0.3, 0.4) is 0 Å². The van der Waals surface area contributed by atoms with Gasteiger partial charge in [-0.25, -0.2) is 0 Å². The van der Waals surface area contributed by atoms with Gasteiger partial charge in [-0.05, 0) is 12.8 Å². The predicted octanol–water partition coefficient (Wildman–Crippen LogP) is 0.115. The fourth-order valence-corrected chi connectivity index (χ4v) is 2.43. The van der Waals surface area contributed by atoms with Crippen molar-refractivity contribution >= 4 is 11.9 Å². The maximum atomic E-state index is 12.2. The molecule has 0 spiro atoms. The first-order chi connectivity index (χ1) is 8.66. The summed E-state index contributed by atoms with van der Waals surface area (Å²) in [6.45, 7) is 2.55. The number of carbonyl (C=O) groups is 2. The van der Waals surface area contributed by atoms with E-state index in [1.54, 1.807) is 4.90 Å². The lowest BCUT2D eigenvalue weighted by Gasteiger charge is -2.35. The highest BCUT2D eigenvalue weighted by Crippen LogP contribution is 2.18. The molecule has 2 aliphatic rings. The zero-order valence-corrected chi connectivity index (χ0v) is 10.3. The van der Waals surface area contributed by atoms with Crippen LogP contribution in [0.25, 0.3) is 0 Å². The lowest BCUT2D eigenvalue weighted by Crippen LogP contribution is -2.49. The number of aliphatic carboxylic acids is 1. The molecule has 0 aromatic carbocycles. The van der Waals surface area contributed by atoms with Crippen LogP contribution in [0.15, 0.2) is 0 Å². The summed E-state index contributed by atoms with van der Waals surface area (Å²) in [6.07, 6.45) is 1.34. The molecule has 6 heteroatoms. The van der Waals surface area contributed by atoms with Crippen molar-refractivity contribution in [2.45, 2.75) is 25.4 Å². The van der Waals surface area contributed by atoms with Crippen LogP contribution in [-0.2, 0) is 19.1 Å². The molecule has 2 rings (SSSR count). The quantitative estimate of drug-likeness (QED) is 0.777. The number of amides is 1. The molecule has 6 nitrogen and oxygen atoms in total. The summed E-state index contributed by atoms with van der Waals surface area (Å²) in [6, 6.07) is 0. The molecule has 2 heterocycles. The summed E-state index contributed by atoms with van der Waals surface area (Å²) in [7, 11) is 0. The van der Waals surface area contributed by atoms with Crippen molar-refractivity contribution in [2.24, 2.45) is 5.92 Å². The SMILES string of the molecule is O=C(O)C[C@@H]1CN(C(=O)[C@@H]2CCCOC2)CCO1. The van der Waals surface area contributed by atoms with E-state index in [0.717, 1.165) is 19.4 Å². The van der Waals surface area contributed by atoms with Gasteiger partial charge < -0.3 is 19.5 Å². The lowest BCUT2D eigenvalue weighted by molar-refractivity contribution is -0.152. The molecule has 2 saturated heterocycles. The van der Waals surface area contributed by atoms with Gasteiger partial charge >= 0.3 is 5.97 Å². The molecule has 0 aromatic rings. The highest BCUT2D eigenvalue weighted by Gasteiger charge is 2.31. The second-order valence-corrected chi connectivity index (χ2v) is 4.79. The van der Waals surface area contributed by atoms with Crippen LogP contribution in [0.5, 0.6) is 0 Å². The second kappa shape index (κ2) is 6.15. The lowest BCUT2D eigenvalue weighted by atomic mass is 10.00. The molecular formula is C12H19NO5. The van der Waals surface area contributed by atoms with Crippen LogP contribution < -0.4 is 0 Å². The molecule has 0 aliphatic carbocycles. The van der Waals surface area contributed by atoms with Crippen molar-refractivity contribution in [1.82, 2.24) is 4.90 Å². The molecule has 1 N–H and O–H groups in total. The van der Waals surface area contributed by atoms with Gasteiger partial charge in [0.1, 0.15) is 0 Å². The van der Waals surface area contributed by atoms with Crippen molar-refractivity contribution in [3.8, 4) is 0 Å². The molecule has 0 unspecified atom stereocenters. The minimum Gasteiger partial charge on any atom is -0.481 e. The van der Waals surface area contributed by atoms with Gasteiger partial charge in [-0.2, -0.15) is 0 Å². The van der Waals surface area contributed by atoms with Gasteiger partial charge in [0.2, 0.25) is 5.91 Å². The van der Waals surface area contributed by atoms with Gasteiger partial charge in [0, 0.05) is 19.7 Å². The molecular weight excluding hydrogens is 238 g/mol. The number of ether oxygens (including phenoxy) is 2. The number of carbonyl (C=O) groups excluding carboxylic acids is 1. The fourth-order valence-electron chi connectivity index (χ4n) is 2.43. The van der Waals surface area contributed by atoms with Crippen molar-refractivity contribution in [3.63, 3.8) is 0 Å². The smallest absolute Gasteiger partial charge is 0.306 e. The Hall–Kier alpha value is -1.14. The molecule has 102 valence electrons. The van der Waals surface area contributed by atoms with Crippen LogP contribution >= 0.6 is 0 Å². The average Bonchev–Trinajstić information content (AvgIpc) is 2.38. The molecule has 2 atom stereocenters. The molecule has 0 aromatic heterocycles. The first-order valence-corrected chi connectivity index (χ1v) is 6.36. The first kappa shape index (κ1) is 13.3. The Balaban J connectivity index is 1.87. The number of carboxylic acids is 1. The summed E-state index contributed by atoms with van der Waals surface area (Å²) in [4.78, 5) is 24.6. The number of morpholine rings is 1. The Kier molecular flexibility index (Phi) is 4.54. The summed E-state index contributed by atoms with van der Waals surface area (Å²) in [5.41, 5.74) is 0. The van der Waals surface area contributed by atoms with Crippen LogP contribution in [0.2, 0.25) is 0 Å². The van der Waals surface area contributed by atoms with E-state index in [0.29, 0.717) is 26.3 Å². The van der Waals surface area contributed by atoms with E-state index in [2.05, 4.69) is 0 Å². The van der Waals surface area contributed by atoms with Gasteiger partial charge in [0.05, 0.1) is 31.7 Å². The van der Waals surface area contributed by atoms with E-state index in [1.807, 2.05) is 0 Å². The molecule has 0 saturated carbocycles. The Morgan fingerprint density at radius 3 is 2.83 bits per heavy atom. The molecule has 0 bridgehead atoms. The van der Waals surface area contributed by atoms with Crippen molar-refractivity contribution in [3.05, 3.63) is 0 Å². The van der Waals surface area contributed by atoms with E-state index < -0.39 is 5.97 Å². The van der Waals surface area contributed by atoms with Gasteiger partial charge in [0.15, 0.2) is 0 Å². The summed E-state index contributed by atoms with van der Waals surface area (Å²) in [5.74, 6) is -0.883. The van der Waals surface area contributed by atoms with E-state index in [4.69, 9.17) is 14.6 Å². The number of hydrogen-bond donors (Lipinski definition) is 1. The number of carboxylic acid groups (broad SMARTS) is 1. The number of hydrogen-bond acceptors (Lipinski definition) is 4. The minimum atomic E-state index is -0.893. The third kappa shape index (κ3) is 3.43. The Morgan fingerprint density at radius 2 is 2.17 bits per heavy atom. The maximum Gasteiger partial charge on any atom is 0.306 e. The van der Waals surface area contributed by atoms with Gasteiger partial charge in [-0.1, -0.05) is 0 Å². The highest BCUT2D eigenvalue weighted by molar-refractivity contribution is 5.79. The van der Waals surface area contributed by atoms with E-state index in [1.165, 1.54) is 0 Å². The monoisotopic (exact) mass is 257 g/mol. The van der Waals surface area contributed by atoms with Gasteiger partial charge in [-0.15, -0.1) is 0 Å². The number of nitrogens with zero attached hydrogens (tertiary/aromatic N) is 1. The fraction of sp³-hybridized carbons (Fsp3) is 0.833. The molecule has 1 amide bonds. The average molecular weight is 257 g/mol. The van der Waals surface area contributed by atoms with Gasteiger partial charge in [-0.3, -0.25) is 9.59 Å². The Bertz CT molecular complexity index is 314. The van der Waals surface area contributed by atoms with Gasteiger partial charge in [0.25, 0.3) is 0 Å². The molecule has 2 fully saturated rings. The van der Waals surface area contributed by atoms with Crippen LogP contribution in [0.1, 0.15) is 19.3 Å². The zero-order chi connectivity index (χ0) is 13.0. The molecule has 2 aliphatic heterocycles. The van der Waals surface area contributed by atoms with E-state index in [-0.39, 0.29) is 24.3 Å². The Labute approximate surface area is 106 Å². The van der Waals surface area contributed by atoms with Crippen LogP contribution in [0.4, 0.5) is 0 Å². The van der Waals surface area contributed by atoms with Crippen molar-refractivity contribution < 1.29 is 24.2 Å². The summed E-state index contributed by atoms with van der Waals surface area (Å²) < 4.78 is 10.7. The summed E-state index contributed by atoms with van der Waals surface area (Å²) >= 11 is 0. The second-order valence-electron chi connectivity index (χ2n) is 4.79. The standard InChI is InChI=1S/C12H19NO5/c14-11(15)6-10-7-13(3-5-18-10)12(16)9-2-1-4-17-8-9/h9-10H,1-8H2,(H,14,15)/t9-,10-/m1/s1. The summed E-state index contributed by atoms with van der Waals surface area (Å²) in [5, 5.41) is 8.74. The third-order valence-corrected chi connectivity index (χ3v) is 3.36. The largest absolute Gasteiger partial charge is 0.481 e. The normalized spacial score (nSPS) is 29.0. The number of rotatable bonds is 3. The topological polar surface area (TPSA) is 76.1 Å².